The topological polar surface area (TPSA) is 105 Å². The number of amides is 2. The molecule has 0 aromatic rings. The van der Waals surface area contributed by atoms with E-state index >= 15 is 0 Å². The second-order valence-electron chi connectivity index (χ2n) is 4.22. The average molecular weight is 248 g/mol. The lowest BCUT2D eigenvalue weighted by molar-refractivity contribution is -0.137. The zero-order chi connectivity index (χ0) is 13.6. The van der Waals surface area contributed by atoms with E-state index in [1.165, 1.54) is 7.05 Å². The Morgan fingerprint density at radius 3 is 2.24 bits per heavy atom. The van der Waals surface area contributed by atoms with Gasteiger partial charge in [-0.25, -0.2) is 9.59 Å². The molecule has 2 amide bonds. The van der Waals surface area contributed by atoms with Gasteiger partial charge in [-0.05, 0) is 20.8 Å². The second kappa shape index (κ2) is 5.92. The van der Waals surface area contributed by atoms with Gasteiger partial charge in [0.25, 0.3) is 0 Å². The van der Waals surface area contributed by atoms with Crippen LogP contribution in [0.4, 0.5) is 9.59 Å². The van der Waals surface area contributed by atoms with Crippen LogP contribution < -0.4 is 5.48 Å². The number of rotatable bonds is 2. The summed E-state index contributed by atoms with van der Waals surface area (Å²) in [6.07, 6.45) is -1.94. The van der Waals surface area contributed by atoms with E-state index in [1.54, 1.807) is 26.3 Å². The molecule has 0 aromatic carbocycles. The van der Waals surface area contributed by atoms with Crippen molar-refractivity contribution in [2.45, 2.75) is 26.4 Å². The highest BCUT2D eigenvalue weighted by Gasteiger charge is 2.19. The number of nitrogens with one attached hydrogen (secondary N) is 1. The van der Waals surface area contributed by atoms with Crippen molar-refractivity contribution < 1.29 is 29.1 Å². The number of carbonyl (C=O) groups excluding carboxylic acids is 2. The molecule has 0 saturated heterocycles. The Bertz CT molecular complexity index is 309. The van der Waals surface area contributed by atoms with Gasteiger partial charge in [-0.15, -0.1) is 5.48 Å². The van der Waals surface area contributed by atoms with Crippen LogP contribution in [-0.4, -0.2) is 47.4 Å². The molecule has 17 heavy (non-hydrogen) atoms. The fraction of sp³-hybridized carbons (Fsp3) is 0.667. The van der Waals surface area contributed by atoms with E-state index < -0.39 is 30.3 Å². The first-order valence-corrected chi connectivity index (χ1v) is 4.74. The SMILES string of the molecule is CN(CC(=O)O)C(=O)ONC(=O)OC(C)(C)C. The number of likely N-dealkylation sites (N-methyl/N-ethyl adjacent to an activating group) is 1. The molecule has 0 spiro atoms. The molecule has 0 radical (unpaired) electrons. The van der Waals surface area contributed by atoms with Crippen molar-refractivity contribution in [2.24, 2.45) is 0 Å². The Labute approximate surface area is 98.4 Å². The highest BCUT2D eigenvalue weighted by atomic mass is 16.7. The lowest BCUT2D eigenvalue weighted by Gasteiger charge is -2.20. The molecule has 0 saturated carbocycles. The van der Waals surface area contributed by atoms with Crippen LogP contribution in [-0.2, 0) is 14.4 Å². The number of hydrogen-bond donors (Lipinski definition) is 2. The largest absolute Gasteiger partial charge is 0.480 e. The Balaban J connectivity index is 4.00. The number of hydroxylamine groups is 1. The summed E-state index contributed by atoms with van der Waals surface area (Å²) in [7, 11) is 1.22. The summed E-state index contributed by atoms with van der Waals surface area (Å²) in [5.74, 6) is -1.19. The van der Waals surface area contributed by atoms with Crippen LogP contribution >= 0.6 is 0 Å². The molecule has 0 bridgehead atoms. The van der Waals surface area contributed by atoms with E-state index in [9.17, 15) is 14.4 Å². The molecule has 8 heteroatoms. The van der Waals surface area contributed by atoms with Gasteiger partial charge >= 0.3 is 18.2 Å². The molecule has 2 N–H and O–H groups in total. The summed E-state index contributed by atoms with van der Waals surface area (Å²) in [4.78, 5) is 37.5. The summed E-state index contributed by atoms with van der Waals surface area (Å²) in [6, 6.07) is 0. The van der Waals surface area contributed by atoms with E-state index in [1.807, 2.05) is 0 Å². The highest BCUT2D eigenvalue weighted by Crippen LogP contribution is 2.06. The van der Waals surface area contributed by atoms with Crippen LogP contribution in [0.15, 0.2) is 0 Å². The Morgan fingerprint density at radius 1 is 1.29 bits per heavy atom. The molecule has 0 aromatic heterocycles. The lowest BCUT2D eigenvalue weighted by Crippen LogP contribution is -2.39. The lowest BCUT2D eigenvalue weighted by atomic mass is 10.2. The monoisotopic (exact) mass is 248 g/mol. The van der Waals surface area contributed by atoms with Crippen molar-refractivity contribution in [3.8, 4) is 0 Å². The van der Waals surface area contributed by atoms with Crippen molar-refractivity contribution in [1.29, 1.82) is 0 Å². The number of aliphatic carboxylic acids is 1. The molecule has 0 aliphatic carbocycles. The van der Waals surface area contributed by atoms with Gasteiger partial charge in [0.1, 0.15) is 12.1 Å². The minimum Gasteiger partial charge on any atom is -0.480 e. The third kappa shape index (κ3) is 7.88. The number of carboxylic acids is 1. The third-order valence-corrected chi connectivity index (χ3v) is 1.30. The molecule has 8 nitrogen and oxygen atoms in total. The summed E-state index contributed by atoms with van der Waals surface area (Å²) < 4.78 is 4.79. The standard InChI is InChI=1S/C9H16N2O6/c1-9(2,3)16-7(14)10-17-8(15)11(4)5-6(12)13/h5H2,1-4H3,(H,10,14)(H,12,13). The molecule has 0 heterocycles. The van der Waals surface area contributed by atoms with Crippen molar-refractivity contribution in [2.75, 3.05) is 13.6 Å². The Kier molecular flexibility index (Phi) is 5.23. The average Bonchev–Trinajstić information content (AvgIpc) is 2.10. The minimum atomic E-state index is -1.19. The van der Waals surface area contributed by atoms with E-state index in [0.717, 1.165) is 4.90 Å². The molecule has 0 aliphatic heterocycles. The van der Waals surface area contributed by atoms with Crippen molar-refractivity contribution in [3.63, 3.8) is 0 Å². The molecule has 0 rings (SSSR count). The minimum absolute atomic E-state index is 0.533. The Morgan fingerprint density at radius 2 is 1.82 bits per heavy atom. The number of carbonyl (C=O) groups is 3. The van der Waals surface area contributed by atoms with Crippen molar-refractivity contribution in [3.05, 3.63) is 0 Å². The van der Waals surface area contributed by atoms with Crippen LogP contribution in [0.3, 0.4) is 0 Å². The maximum Gasteiger partial charge on any atom is 0.441 e. The maximum atomic E-state index is 11.1. The predicted molar refractivity (Wildman–Crippen MR) is 56.1 cm³/mol. The molecule has 0 fully saturated rings. The number of nitrogens with zero attached hydrogens (tertiary/aromatic N) is 1. The molecule has 98 valence electrons. The molecule has 0 unspecified atom stereocenters. The zero-order valence-corrected chi connectivity index (χ0v) is 10.1. The summed E-state index contributed by atoms with van der Waals surface area (Å²) in [5.41, 5.74) is 1.03. The first kappa shape index (κ1) is 15.0. The number of hydrogen-bond acceptors (Lipinski definition) is 5. The van der Waals surface area contributed by atoms with Crippen molar-refractivity contribution in [1.82, 2.24) is 10.4 Å². The normalized spacial score (nSPS) is 10.4. The number of carboxylic acid groups (broad SMARTS) is 1. The van der Waals surface area contributed by atoms with E-state index in [0.29, 0.717) is 0 Å². The highest BCUT2D eigenvalue weighted by molar-refractivity contribution is 5.77. The molecular formula is C9H16N2O6. The van der Waals surface area contributed by atoms with Crippen molar-refractivity contribution >= 4 is 18.2 Å². The van der Waals surface area contributed by atoms with E-state index in [4.69, 9.17) is 9.84 Å². The van der Waals surface area contributed by atoms with Gasteiger partial charge in [-0.3, -0.25) is 9.69 Å². The van der Waals surface area contributed by atoms with Gasteiger partial charge in [0.05, 0.1) is 0 Å². The van der Waals surface area contributed by atoms with Crippen LogP contribution in [0.1, 0.15) is 20.8 Å². The molecule has 0 aliphatic rings. The zero-order valence-electron chi connectivity index (χ0n) is 10.1. The second-order valence-corrected chi connectivity index (χ2v) is 4.22. The van der Waals surface area contributed by atoms with E-state index in [2.05, 4.69) is 4.84 Å². The first-order chi connectivity index (χ1) is 7.61. The van der Waals surface area contributed by atoms with Gasteiger partial charge in [0.15, 0.2) is 0 Å². The van der Waals surface area contributed by atoms with Crippen LogP contribution in [0.2, 0.25) is 0 Å². The Hall–Kier alpha value is -1.99. The van der Waals surface area contributed by atoms with Gasteiger partial charge in [0, 0.05) is 7.05 Å². The summed E-state index contributed by atoms with van der Waals surface area (Å²) in [6.45, 7) is 4.40. The quantitative estimate of drug-likeness (QED) is 0.692. The van der Waals surface area contributed by atoms with Gasteiger partial charge < -0.3 is 14.7 Å². The van der Waals surface area contributed by atoms with Crippen LogP contribution in [0.25, 0.3) is 0 Å². The van der Waals surface area contributed by atoms with Gasteiger partial charge in [-0.2, -0.15) is 0 Å². The van der Waals surface area contributed by atoms with Crippen LogP contribution in [0.5, 0.6) is 0 Å². The summed E-state index contributed by atoms with van der Waals surface area (Å²) in [5, 5.41) is 8.40. The van der Waals surface area contributed by atoms with E-state index in [-0.39, 0.29) is 0 Å². The third-order valence-electron chi connectivity index (χ3n) is 1.30. The molecular weight excluding hydrogens is 232 g/mol. The predicted octanol–water partition coefficient (Wildman–Crippen LogP) is 0.579. The number of ether oxygens (including phenoxy) is 1. The maximum absolute atomic E-state index is 11.1. The van der Waals surface area contributed by atoms with Gasteiger partial charge in [-0.1, -0.05) is 0 Å². The van der Waals surface area contributed by atoms with Gasteiger partial charge in [0.2, 0.25) is 0 Å². The fourth-order valence-corrected chi connectivity index (χ4v) is 0.730. The first-order valence-electron chi connectivity index (χ1n) is 4.74. The summed E-state index contributed by atoms with van der Waals surface area (Å²) >= 11 is 0. The smallest absolute Gasteiger partial charge is 0.441 e. The fourth-order valence-electron chi connectivity index (χ4n) is 0.730. The molecule has 0 atom stereocenters. The van der Waals surface area contributed by atoms with Crippen LogP contribution in [0, 0.1) is 0 Å².